The highest BCUT2D eigenvalue weighted by Crippen LogP contribution is 2.35. The number of hydrogen-bond donors (Lipinski definition) is 1. The number of piperidine rings is 1. The molecular weight excluding hydrogens is 477 g/mol. The number of hydrogen-bond acceptors (Lipinski definition) is 7. The highest BCUT2D eigenvalue weighted by atomic mass is 19.1. The van der Waals surface area contributed by atoms with Crippen LogP contribution < -0.4 is 10.1 Å². The van der Waals surface area contributed by atoms with E-state index in [1.807, 2.05) is 0 Å². The number of nitrogens with one attached hydrogen (secondary N) is 1. The Bertz CT molecular complexity index is 1540. The number of methoxy groups -OCH3 is 1. The summed E-state index contributed by atoms with van der Waals surface area (Å²) in [5, 5.41) is 15.1. The molecule has 4 aromatic rings. The Morgan fingerprint density at radius 1 is 1.42 bits per heavy atom. The van der Waals surface area contributed by atoms with Crippen LogP contribution in [0, 0.1) is 5.82 Å². The average Bonchev–Trinajstić information content (AvgIpc) is 3.42. The first-order chi connectivity index (χ1) is 18.5. The van der Waals surface area contributed by atoms with Gasteiger partial charge in [0.15, 0.2) is 5.82 Å². The number of halogens is 3. The maximum atomic E-state index is 15.3. The van der Waals surface area contributed by atoms with Crippen molar-refractivity contribution in [1.29, 1.82) is 0 Å². The monoisotopic (exact) mass is 505 g/mol. The van der Waals surface area contributed by atoms with Gasteiger partial charge in [-0.05, 0) is 31.0 Å². The van der Waals surface area contributed by atoms with Gasteiger partial charge in [-0.3, -0.25) is 4.79 Å². The van der Waals surface area contributed by atoms with Crippen molar-refractivity contribution in [2.24, 2.45) is 0 Å². The average molecular weight is 506 g/mol. The molecule has 4 heterocycles. The van der Waals surface area contributed by atoms with Crippen LogP contribution in [0.25, 0.3) is 27.7 Å². The number of carbonyl (C=O) groups is 1. The third-order valence-electron chi connectivity index (χ3n) is 6.12. The van der Waals surface area contributed by atoms with E-state index < -0.39 is 43.5 Å². The molecule has 0 aliphatic carbocycles. The van der Waals surface area contributed by atoms with E-state index in [9.17, 15) is 13.6 Å². The number of likely N-dealkylation sites (tertiary alicyclic amines) is 1. The first kappa shape index (κ1) is 20.3. The number of anilines is 1. The minimum Gasteiger partial charge on any atom is -0.479 e. The molecular formula is C23H25F3N8O2. The molecule has 10 nitrogen and oxygen atoms in total. The van der Waals surface area contributed by atoms with E-state index in [0.29, 0.717) is 16.6 Å². The lowest BCUT2D eigenvalue weighted by Crippen LogP contribution is -2.49. The SMILES string of the molecule is [2H]C([2H])([2H])C(=O)N1CC[C@H](Nc2nc(OC)c3c(-c4ccc5nnn(C[C@H](C)F)c5c4)c(F)cn3n2)[C@H](F)C1. The largest absolute Gasteiger partial charge is 0.479 e. The Labute approximate surface area is 208 Å². The summed E-state index contributed by atoms with van der Waals surface area (Å²) in [6, 6.07) is 4.12. The fraction of sp³-hybridized carbons (Fsp3) is 0.435. The number of rotatable bonds is 6. The van der Waals surface area contributed by atoms with Crippen molar-refractivity contribution >= 4 is 28.4 Å². The summed E-state index contributed by atoms with van der Waals surface area (Å²) in [4.78, 5) is 17.3. The lowest BCUT2D eigenvalue weighted by Gasteiger charge is -2.34. The molecule has 1 saturated heterocycles. The summed E-state index contributed by atoms with van der Waals surface area (Å²) in [7, 11) is 1.35. The minimum atomic E-state index is -2.84. The number of carbonyl (C=O) groups excluding carboxylic acids is 1. The summed E-state index contributed by atoms with van der Waals surface area (Å²) in [6.45, 7) is -1.82. The lowest BCUT2D eigenvalue weighted by atomic mass is 10.0. The van der Waals surface area contributed by atoms with Crippen molar-refractivity contribution in [2.75, 3.05) is 25.5 Å². The van der Waals surface area contributed by atoms with Crippen LogP contribution in [-0.4, -0.2) is 79.0 Å². The van der Waals surface area contributed by atoms with Crippen LogP contribution in [-0.2, 0) is 11.3 Å². The molecule has 1 amide bonds. The Morgan fingerprint density at radius 2 is 2.25 bits per heavy atom. The third-order valence-corrected chi connectivity index (χ3v) is 6.12. The zero-order valence-corrected chi connectivity index (χ0v) is 19.5. The van der Waals surface area contributed by atoms with Gasteiger partial charge in [0.25, 0.3) is 0 Å². The van der Waals surface area contributed by atoms with Crippen LogP contribution in [0.4, 0.5) is 19.1 Å². The molecule has 36 heavy (non-hydrogen) atoms. The number of aromatic nitrogens is 6. The molecule has 1 aliphatic rings. The number of fused-ring (bicyclic) bond motifs is 2. The topological polar surface area (TPSA) is 102 Å². The fourth-order valence-electron chi connectivity index (χ4n) is 4.41. The molecule has 3 atom stereocenters. The zero-order valence-electron chi connectivity index (χ0n) is 22.5. The molecule has 190 valence electrons. The van der Waals surface area contributed by atoms with Crippen LogP contribution >= 0.6 is 0 Å². The zero-order chi connectivity index (χ0) is 28.1. The number of alkyl halides is 2. The van der Waals surface area contributed by atoms with E-state index in [1.165, 1.54) is 23.2 Å². The smallest absolute Gasteiger partial charge is 0.244 e. The molecule has 0 bridgehead atoms. The highest BCUT2D eigenvalue weighted by molar-refractivity contribution is 5.89. The van der Waals surface area contributed by atoms with Crippen molar-refractivity contribution < 1.29 is 26.8 Å². The Balaban J connectivity index is 1.45. The van der Waals surface area contributed by atoms with E-state index in [0.717, 1.165) is 11.1 Å². The van der Waals surface area contributed by atoms with Crippen LogP contribution in [0.3, 0.4) is 0 Å². The summed E-state index contributed by atoms with van der Waals surface area (Å²) in [5.74, 6) is -1.76. The molecule has 1 fully saturated rings. The normalized spacial score (nSPS) is 20.7. The standard InChI is InChI=1S/C23H25F3N8O2/c1-12(24)9-33-19-8-14(4-5-18(19)29-31-33)20-16(26)11-34-21(20)22(36-3)28-23(30-34)27-17-6-7-32(13(2)35)10-15(17)25/h4-5,8,11-12,15,17H,6-7,9-10H2,1-3H3,(H,27,30)/t12-,15+,17-/m0/s1/i2D3. The third kappa shape index (κ3) is 4.29. The van der Waals surface area contributed by atoms with Gasteiger partial charge in [-0.15, -0.1) is 10.2 Å². The molecule has 0 unspecified atom stereocenters. The molecule has 0 radical (unpaired) electrons. The van der Waals surface area contributed by atoms with Gasteiger partial charge in [-0.25, -0.2) is 22.4 Å². The quantitative estimate of drug-likeness (QED) is 0.430. The van der Waals surface area contributed by atoms with E-state index >= 15 is 4.39 Å². The maximum Gasteiger partial charge on any atom is 0.244 e. The van der Waals surface area contributed by atoms with Gasteiger partial charge >= 0.3 is 0 Å². The van der Waals surface area contributed by atoms with Crippen molar-refractivity contribution in [3.05, 3.63) is 30.2 Å². The van der Waals surface area contributed by atoms with Gasteiger partial charge in [0.1, 0.15) is 23.4 Å². The Morgan fingerprint density at radius 3 is 2.97 bits per heavy atom. The second-order valence-corrected chi connectivity index (χ2v) is 8.65. The first-order valence-electron chi connectivity index (χ1n) is 12.8. The Hall–Kier alpha value is -3.90. The van der Waals surface area contributed by atoms with Gasteiger partial charge in [0.2, 0.25) is 17.7 Å². The van der Waals surface area contributed by atoms with Crippen molar-refractivity contribution in [3.8, 4) is 17.0 Å². The van der Waals surface area contributed by atoms with Gasteiger partial charge in [0, 0.05) is 17.5 Å². The predicted octanol–water partition coefficient (Wildman–Crippen LogP) is 3.02. The number of amides is 1. The number of benzene rings is 1. The predicted molar refractivity (Wildman–Crippen MR) is 126 cm³/mol. The molecule has 3 aromatic heterocycles. The first-order valence-corrected chi connectivity index (χ1v) is 11.3. The molecule has 1 aromatic carbocycles. The summed E-state index contributed by atoms with van der Waals surface area (Å²) in [6.07, 6.45) is -1.52. The molecule has 13 heteroatoms. The Kier molecular flexibility index (Phi) is 5.24. The van der Waals surface area contributed by atoms with E-state index in [1.54, 1.807) is 18.2 Å². The molecule has 1 aliphatic heterocycles. The van der Waals surface area contributed by atoms with Crippen LogP contribution in [0.1, 0.15) is 24.3 Å². The summed E-state index contributed by atoms with van der Waals surface area (Å²) in [5.41, 5.74) is 1.83. The van der Waals surface area contributed by atoms with Crippen molar-refractivity contribution in [3.63, 3.8) is 0 Å². The number of ether oxygens (including phenoxy) is 1. The van der Waals surface area contributed by atoms with Gasteiger partial charge < -0.3 is 15.0 Å². The summed E-state index contributed by atoms with van der Waals surface area (Å²) >= 11 is 0. The van der Waals surface area contributed by atoms with E-state index in [2.05, 4.69) is 25.7 Å². The fourth-order valence-corrected chi connectivity index (χ4v) is 4.41. The molecule has 0 spiro atoms. The second kappa shape index (κ2) is 9.28. The van der Waals surface area contributed by atoms with Gasteiger partial charge in [0.05, 0.1) is 43.5 Å². The summed E-state index contributed by atoms with van der Waals surface area (Å²) < 4.78 is 73.6. The van der Waals surface area contributed by atoms with E-state index in [4.69, 9.17) is 8.85 Å². The van der Waals surface area contributed by atoms with Gasteiger partial charge in [-0.2, -0.15) is 4.98 Å². The molecule has 0 saturated carbocycles. The van der Waals surface area contributed by atoms with Crippen molar-refractivity contribution in [1.82, 2.24) is 34.5 Å². The molecule has 5 rings (SSSR count). The number of nitrogens with zero attached hydrogens (tertiary/aromatic N) is 7. The van der Waals surface area contributed by atoms with Crippen LogP contribution in [0.15, 0.2) is 24.4 Å². The minimum absolute atomic E-state index is 0.0146. The lowest BCUT2D eigenvalue weighted by molar-refractivity contribution is -0.131. The second-order valence-electron chi connectivity index (χ2n) is 8.65. The van der Waals surface area contributed by atoms with Crippen LogP contribution in [0.5, 0.6) is 5.88 Å². The van der Waals surface area contributed by atoms with E-state index in [-0.39, 0.29) is 42.4 Å². The van der Waals surface area contributed by atoms with Gasteiger partial charge in [-0.1, -0.05) is 11.3 Å². The maximum absolute atomic E-state index is 15.3. The van der Waals surface area contributed by atoms with Crippen molar-refractivity contribution in [2.45, 2.75) is 45.1 Å². The molecule has 1 N–H and O–H groups in total. The highest BCUT2D eigenvalue weighted by Gasteiger charge is 2.31. The van der Waals surface area contributed by atoms with Crippen LogP contribution in [0.2, 0.25) is 0 Å².